The number of sulfone groups is 1. The highest BCUT2D eigenvalue weighted by molar-refractivity contribution is 7.92. The van der Waals surface area contributed by atoms with E-state index in [1.54, 1.807) is 32.0 Å². The fraction of sp³-hybridized carbons (Fsp3) is 0.273. The lowest BCUT2D eigenvalue weighted by Crippen LogP contribution is -2.22. The molecule has 11 heteroatoms. The Kier molecular flexibility index (Phi) is 7.13. The molecule has 0 unspecified atom stereocenters. The third kappa shape index (κ3) is 5.04. The van der Waals surface area contributed by atoms with E-state index in [9.17, 15) is 22.8 Å². The summed E-state index contributed by atoms with van der Waals surface area (Å²) < 4.78 is 36.2. The van der Waals surface area contributed by atoms with Gasteiger partial charge in [-0.2, -0.15) is 4.99 Å². The number of amides is 1. The molecular formula is C22H22N2O7S2. The van der Waals surface area contributed by atoms with E-state index < -0.39 is 32.9 Å². The van der Waals surface area contributed by atoms with Gasteiger partial charge in [0.25, 0.3) is 5.91 Å². The fourth-order valence-electron chi connectivity index (χ4n) is 2.96. The average Bonchev–Trinajstić information content (AvgIpc) is 3.14. The predicted octanol–water partition coefficient (Wildman–Crippen LogP) is 2.59. The number of carbonyl (C=O) groups is 3. The molecule has 9 nitrogen and oxygen atoms in total. The Morgan fingerprint density at radius 1 is 1.00 bits per heavy atom. The minimum Gasteiger partial charge on any atom is -0.468 e. The normalized spacial score (nSPS) is 12.2. The van der Waals surface area contributed by atoms with Crippen molar-refractivity contribution in [3.05, 3.63) is 58.4 Å². The fourth-order valence-corrected chi connectivity index (χ4v) is 5.09. The zero-order valence-electron chi connectivity index (χ0n) is 18.4. The number of hydrogen-bond donors (Lipinski definition) is 0. The number of rotatable bonds is 6. The van der Waals surface area contributed by atoms with Crippen molar-refractivity contribution < 1.29 is 32.3 Å². The lowest BCUT2D eigenvalue weighted by molar-refractivity contribution is -0.141. The second kappa shape index (κ2) is 9.67. The monoisotopic (exact) mass is 490 g/mol. The maximum Gasteiger partial charge on any atom is 0.337 e. The van der Waals surface area contributed by atoms with Crippen LogP contribution in [0.25, 0.3) is 10.2 Å². The summed E-state index contributed by atoms with van der Waals surface area (Å²) in [5, 5.41) is -0.588. The number of benzene rings is 2. The van der Waals surface area contributed by atoms with Crippen LogP contribution in [0.5, 0.6) is 0 Å². The van der Waals surface area contributed by atoms with Crippen LogP contribution in [0, 0.1) is 0 Å². The second-order valence-electron chi connectivity index (χ2n) is 7.26. The Balaban J connectivity index is 2.07. The quantitative estimate of drug-likeness (QED) is 0.487. The highest BCUT2D eigenvalue weighted by Gasteiger charge is 2.20. The molecule has 3 rings (SSSR count). The number of fused-ring (bicyclic) bond motifs is 1. The van der Waals surface area contributed by atoms with Crippen LogP contribution >= 0.6 is 11.3 Å². The Hall–Kier alpha value is -3.31. The van der Waals surface area contributed by atoms with Crippen LogP contribution in [0.15, 0.2) is 52.4 Å². The van der Waals surface area contributed by atoms with Gasteiger partial charge in [-0.05, 0) is 56.3 Å². The number of ether oxygens (including phenoxy) is 2. The van der Waals surface area contributed by atoms with E-state index in [4.69, 9.17) is 9.47 Å². The molecule has 0 radical (unpaired) electrons. The van der Waals surface area contributed by atoms with Crippen molar-refractivity contribution in [1.82, 2.24) is 4.57 Å². The van der Waals surface area contributed by atoms with Crippen molar-refractivity contribution in [1.29, 1.82) is 0 Å². The first-order chi connectivity index (χ1) is 15.6. The Labute approximate surface area is 194 Å². The van der Waals surface area contributed by atoms with Gasteiger partial charge in [-0.1, -0.05) is 11.3 Å². The highest BCUT2D eigenvalue weighted by atomic mass is 32.2. The van der Waals surface area contributed by atoms with E-state index >= 15 is 0 Å². The molecular weight excluding hydrogens is 468 g/mol. The summed E-state index contributed by atoms with van der Waals surface area (Å²) in [5.41, 5.74) is 1.09. The number of thiazole rings is 1. The van der Waals surface area contributed by atoms with Crippen molar-refractivity contribution in [3.8, 4) is 0 Å². The van der Waals surface area contributed by atoms with Crippen LogP contribution in [0.4, 0.5) is 0 Å². The Morgan fingerprint density at radius 2 is 1.64 bits per heavy atom. The van der Waals surface area contributed by atoms with Crippen LogP contribution in [0.3, 0.4) is 0 Å². The maximum absolute atomic E-state index is 12.8. The first-order valence-electron chi connectivity index (χ1n) is 9.80. The van der Waals surface area contributed by atoms with Crippen molar-refractivity contribution in [3.63, 3.8) is 0 Å². The number of nitrogens with zero attached hydrogens (tertiary/aromatic N) is 2. The largest absolute Gasteiger partial charge is 0.468 e. The molecule has 0 aliphatic carbocycles. The number of hydrogen-bond acceptors (Lipinski definition) is 8. The molecule has 0 N–H and O–H groups in total. The van der Waals surface area contributed by atoms with Gasteiger partial charge in [-0.3, -0.25) is 9.59 Å². The molecule has 174 valence electrons. The minimum absolute atomic E-state index is 0.118. The number of methoxy groups -OCH3 is 2. The number of esters is 2. The second-order valence-corrected chi connectivity index (χ2v) is 10.8. The summed E-state index contributed by atoms with van der Waals surface area (Å²) >= 11 is 1.12. The van der Waals surface area contributed by atoms with Gasteiger partial charge in [0.2, 0.25) is 0 Å². The van der Waals surface area contributed by atoms with Crippen molar-refractivity contribution in [2.24, 2.45) is 4.99 Å². The molecule has 0 bridgehead atoms. The van der Waals surface area contributed by atoms with Crippen LogP contribution in [0.2, 0.25) is 0 Å². The minimum atomic E-state index is -3.47. The van der Waals surface area contributed by atoms with E-state index in [0.717, 1.165) is 11.3 Å². The Bertz CT molecular complexity index is 1400. The van der Waals surface area contributed by atoms with E-state index in [0.29, 0.717) is 15.8 Å². The molecule has 0 aliphatic heterocycles. The van der Waals surface area contributed by atoms with E-state index in [1.807, 2.05) is 0 Å². The summed E-state index contributed by atoms with van der Waals surface area (Å²) in [5.74, 6) is -1.67. The topological polar surface area (TPSA) is 121 Å². The third-order valence-electron chi connectivity index (χ3n) is 4.87. The van der Waals surface area contributed by atoms with Gasteiger partial charge in [0.05, 0.1) is 40.1 Å². The zero-order chi connectivity index (χ0) is 24.3. The molecule has 33 heavy (non-hydrogen) atoms. The van der Waals surface area contributed by atoms with Gasteiger partial charge in [-0.15, -0.1) is 0 Å². The molecule has 0 fully saturated rings. The van der Waals surface area contributed by atoms with Crippen LogP contribution in [-0.2, 0) is 30.7 Å². The van der Waals surface area contributed by atoms with E-state index in [-0.39, 0.29) is 21.8 Å². The van der Waals surface area contributed by atoms with Crippen LogP contribution < -0.4 is 4.80 Å². The smallest absolute Gasteiger partial charge is 0.337 e. The molecule has 0 spiro atoms. The highest BCUT2D eigenvalue weighted by Crippen LogP contribution is 2.21. The van der Waals surface area contributed by atoms with Gasteiger partial charge >= 0.3 is 11.9 Å². The standard InChI is InChI=1S/C22H22N2O7S2/c1-13(2)33(28,29)16-8-5-14(6-9-16)20(26)23-22-24(12-19(25)30-3)17-10-7-15(21(27)31-4)11-18(17)32-22/h5-11,13H,12H2,1-4H3. The van der Waals surface area contributed by atoms with Gasteiger partial charge in [-0.25, -0.2) is 13.2 Å². The van der Waals surface area contributed by atoms with Gasteiger partial charge < -0.3 is 14.0 Å². The Morgan fingerprint density at radius 3 is 2.21 bits per heavy atom. The van der Waals surface area contributed by atoms with Crippen LogP contribution in [-0.4, -0.2) is 50.3 Å². The van der Waals surface area contributed by atoms with Gasteiger partial charge in [0.1, 0.15) is 6.54 Å². The predicted molar refractivity (Wildman–Crippen MR) is 122 cm³/mol. The van der Waals surface area contributed by atoms with Crippen molar-refractivity contribution in [2.75, 3.05) is 14.2 Å². The van der Waals surface area contributed by atoms with Crippen molar-refractivity contribution >= 4 is 49.2 Å². The van der Waals surface area contributed by atoms with Crippen LogP contribution in [0.1, 0.15) is 34.6 Å². The molecule has 0 atom stereocenters. The molecule has 0 aliphatic rings. The zero-order valence-corrected chi connectivity index (χ0v) is 20.0. The summed E-state index contributed by atoms with van der Waals surface area (Å²) in [6.07, 6.45) is 0. The first kappa shape index (κ1) is 24.3. The summed E-state index contributed by atoms with van der Waals surface area (Å²) in [6.45, 7) is 2.97. The van der Waals surface area contributed by atoms with E-state index in [2.05, 4.69) is 4.99 Å². The third-order valence-corrected chi connectivity index (χ3v) is 8.08. The van der Waals surface area contributed by atoms with E-state index in [1.165, 1.54) is 43.1 Å². The molecule has 1 heterocycles. The molecule has 0 saturated carbocycles. The van der Waals surface area contributed by atoms with Gasteiger partial charge in [0.15, 0.2) is 14.6 Å². The lowest BCUT2D eigenvalue weighted by Gasteiger charge is -2.07. The lowest BCUT2D eigenvalue weighted by atomic mass is 10.2. The molecule has 2 aromatic carbocycles. The molecule has 3 aromatic rings. The molecule has 0 saturated heterocycles. The summed E-state index contributed by atoms with van der Waals surface area (Å²) in [6, 6.07) is 10.3. The maximum atomic E-state index is 12.8. The summed E-state index contributed by atoms with van der Waals surface area (Å²) in [7, 11) is -0.940. The first-order valence-corrected chi connectivity index (χ1v) is 12.2. The molecule has 1 amide bonds. The average molecular weight is 491 g/mol. The number of aromatic nitrogens is 1. The number of carbonyl (C=O) groups excluding carboxylic acids is 3. The SMILES string of the molecule is COC(=O)Cn1c(=NC(=O)c2ccc(S(=O)(=O)C(C)C)cc2)sc2cc(C(=O)OC)ccc21. The van der Waals surface area contributed by atoms with Crippen molar-refractivity contribution in [2.45, 2.75) is 30.5 Å². The molecule has 1 aromatic heterocycles. The van der Waals surface area contributed by atoms with Gasteiger partial charge in [0, 0.05) is 5.56 Å². The summed E-state index contributed by atoms with van der Waals surface area (Å²) in [4.78, 5) is 41.1.